The average Bonchev–Trinajstić information content (AvgIpc) is 3.45. The molecule has 4 rings (SSSR count). The number of hydrogen-bond donors (Lipinski definition) is 2. The molecule has 2 heterocycles. The van der Waals surface area contributed by atoms with Crippen molar-refractivity contribution in [3.63, 3.8) is 0 Å². The van der Waals surface area contributed by atoms with Gasteiger partial charge in [-0.05, 0) is 42.3 Å². The lowest BCUT2D eigenvalue weighted by Crippen LogP contribution is -2.34. The van der Waals surface area contributed by atoms with Crippen LogP contribution >= 0.6 is 0 Å². The molecule has 0 aliphatic heterocycles. The third kappa shape index (κ3) is 5.00. The average molecular weight is 454 g/mol. The minimum absolute atomic E-state index is 0.0580. The van der Waals surface area contributed by atoms with E-state index in [2.05, 4.69) is 36.1 Å². The number of para-hydroxylation sites is 1. The zero-order chi connectivity index (χ0) is 23.2. The predicted octanol–water partition coefficient (Wildman–Crippen LogP) is 1.77. The molecule has 0 unspecified atom stereocenters. The SMILES string of the molecule is COc1ccccc1/C=N/NC(=O)c1nnn(-c2nonc2N)c1CN(C)C1CCCCC1. The number of hydrazone groups is 1. The molecular weight excluding hydrogens is 426 g/mol. The third-order valence-corrected chi connectivity index (χ3v) is 5.78. The number of nitrogens with two attached hydrogens (primary N) is 1. The zero-order valence-electron chi connectivity index (χ0n) is 18.6. The lowest BCUT2D eigenvalue weighted by molar-refractivity contribution is 0.0947. The fourth-order valence-corrected chi connectivity index (χ4v) is 4.00. The molecule has 1 aliphatic rings. The summed E-state index contributed by atoms with van der Waals surface area (Å²) >= 11 is 0. The quantitative estimate of drug-likeness (QED) is 0.384. The molecule has 0 spiro atoms. The first kappa shape index (κ1) is 22.4. The van der Waals surface area contributed by atoms with E-state index in [1.165, 1.54) is 30.2 Å². The summed E-state index contributed by atoms with van der Waals surface area (Å²) in [5.41, 5.74) is 9.75. The van der Waals surface area contributed by atoms with Crippen molar-refractivity contribution in [3.8, 4) is 11.6 Å². The second kappa shape index (κ2) is 10.2. The van der Waals surface area contributed by atoms with Crippen LogP contribution in [0.15, 0.2) is 34.0 Å². The van der Waals surface area contributed by atoms with Crippen molar-refractivity contribution < 1.29 is 14.2 Å². The van der Waals surface area contributed by atoms with Gasteiger partial charge in [-0.2, -0.15) is 9.78 Å². The summed E-state index contributed by atoms with van der Waals surface area (Å²) in [6, 6.07) is 7.76. The van der Waals surface area contributed by atoms with E-state index in [1.807, 2.05) is 31.3 Å². The van der Waals surface area contributed by atoms with Gasteiger partial charge in [0, 0.05) is 18.2 Å². The van der Waals surface area contributed by atoms with Crippen LogP contribution in [0.5, 0.6) is 5.75 Å². The minimum Gasteiger partial charge on any atom is -0.496 e. The van der Waals surface area contributed by atoms with Crippen molar-refractivity contribution >= 4 is 17.9 Å². The summed E-state index contributed by atoms with van der Waals surface area (Å²) in [5.74, 6) is 0.383. The molecule has 12 heteroatoms. The largest absolute Gasteiger partial charge is 0.496 e. The molecular formula is C21H27N9O3. The number of aromatic nitrogens is 5. The third-order valence-electron chi connectivity index (χ3n) is 5.78. The Morgan fingerprint density at radius 1 is 1.33 bits per heavy atom. The Morgan fingerprint density at radius 3 is 2.85 bits per heavy atom. The van der Waals surface area contributed by atoms with Crippen molar-refractivity contribution in [1.82, 2.24) is 35.6 Å². The van der Waals surface area contributed by atoms with Crippen molar-refractivity contribution in [2.45, 2.75) is 44.7 Å². The normalized spacial score (nSPS) is 14.8. The van der Waals surface area contributed by atoms with E-state index in [9.17, 15) is 4.79 Å². The van der Waals surface area contributed by atoms with Crippen molar-refractivity contribution in [2.24, 2.45) is 5.10 Å². The molecule has 174 valence electrons. The highest BCUT2D eigenvalue weighted by Crippen LogP contribution is 2.24. The van der Waals surface area contributed by atoms with Gasteiger partial charge in [-0.1, -0.05) is 36.6 Å². The van der Waals surface area contributed by atoms with E-state index < -0.39 is 5.91 Å². The fraction of sp³-hybridized carbons (Fsp3) is 0.429. The molecule has 1 amide bonds. The second-order valence-electron chi connectivity index (χ2n) is 7.92. The van der Waals surface area contributed by atoms with Gasteiger partial charge in [0.05, 0.1) is 19.0 Å². The van der Waals surface area contributed by atoms with Gasteiger partial charge in [-0.15, -0.1) is 5.10 Å². The van der Waals surface area contributed by atoms with Gasteiger partial charge in [-0.25, -0.2) is 10.1 Å². The summed E-state index contributed by atoms with van der Waals surface area (Å²) in [7, 11) is 3.60. The first-order valence-corrected chi connectivity index (χ1v) is 10.8. The predicted molar refractivity (Wildman–Crippen MR) is 120 cm³/mol. The van der Waals surface area contributed by atoms with Crippen LogP contribution in [-0.2, 0) is 6.54 Å². The van der Waals surface area contributed by atoms with Gasteiger partial charge in [0.2, 0.25) is 11.6 Å². The molecule has 0 atom stereocenters. The highest BCUT2D eigenvalue weighted by Gasteiger charge is 2.27. The highest BCUT2D eigenvalue weighted by atomic mass is 16.6. The van der Waals surface area contributed by atoms with E-state index in [1.54, 1.807) is 7.11 Å². The topological polar surface area (TPSA) is 150 Å². The fourth-order valence-electron chi connectivity index (χ4n) is 4.00. The number of nitrogen functional groups attached to an aromatic ring is 1. The summed E-state index contributed by atoms with van der Waals surface area (Å²) in [6.45, 7) is 0.420. The van der Waals surface area contributed by atoms with E-state index in [-0.39, 0.29) is 17.3 Å². The Morgan fingerprint density at radius 2 is 2.12 bits per heavy atom. The van der Waals surface area contributed by atoms with E-state index in [4.69, 9.17) is 15.1 Å². The number of benzene rings is 1. The van der Waals surface area contributed by atoms with E-state index >= 15 is 0 Å². The zero-order valence-corrected chi connectivity index (χ0v) is 18.6. The number of methoxy groups -OCH3 is 1. The lowest BCUT2D eigenvalue weighted by Gasteiger charge is -2.31. The minimum atomic E-state index is -0.505. The van der Waals surface area contributed by atoms with Crippen molar-refractivity contribution in [1.29, 1.82) is 0 Å². The van der Waals surface area contributed by atoms with E-state index in [0.29, 0.717) is 24.0 Å². The maximum absolute atomic E-state index is 13.0. The van der Waals surface area contributed by atoms with Crippen molar-refractivity contribution in [2.75, 3.05) is 19.9 Å². The molecule has 1 aromatic carbocycles. The summed E-state index contributed by atoms with van der Waals surface area (Å²) in [6.07, 6.45) is 7.36. The number of carbonyl (C=O) groups is 1. The Hall–Kier alpha value is -3.80. The Kier molecular flexibility index (Phi) is 6.93. The van der Waals surface area contributed by atoms with Crippen LogP contribution in [0.3, 0.4) is 0 Å². The highest BCUT2D eigenvalue weighted by molar-refractivity contribution is 5.94. The number of hydrogen-bond acceptors (Lipinski definition) is 10. The van der Waals surface area contributed by atoms with Gasteiger partial charge in [0.1, 0.15) is 5.75 Å². The second-order valence-corrected chi connectivity index (χ2v) is 7.92. The maximum Gasteiger partial charge on any atom is 0.293 e. The number of anilines is 1. The molecule has 3 aromatic rings. The summed E-state index contributed by atoms with van der Waals surface area (Å²) in [5, 5.41) is 19.7. The molecule has 0 bridgehead atoms. The number of carbonyl (C=O) groups excluding carboxylic acids is 1. The lowest BCUT2D eigenvalue weighted by atomic mass is 9.94. The van der Waals surface area contributed by atoms with Crippen LogP contribution in [0.4, 0.5) is 5.82 Å². The molecule has 1 fully saturated rings. The Labute approximate surface area is 190 Å². The summed E-state index contributed by atoms with van der Waals surface area (Å²) < 4.78 is 11.4. The Balaban J connectivity index is 1.57. The number of nitrogens with zero attached hydrogens (tertiary/aromatic N) is 7. The first-order valence-electron chi connectivity index (χ1n) is 10.8. The van der Waals surface area contributed by atoms with E-state index in [0.717, 1.165) is 18.4 Å². The monoisotopic (exact) mass is 453 g/mol. The Bertz CT molecular complexity index is 1120. The molecule has 2 aromatic heterocycles. The van der Waals surface area contributed by atoms with Crippen LogP contribution in [0.2, 0.25) is 0 Å². The summed E-state index contributed by atoms with van der Waals surface area (Å²) in [4.78, 5) is 15.2. The molecule has 3 N–H and O–H groups in total. The molecule has 1 aliphatic carbocycles. The van der Waals surface area contributed by atoms with Gasteiger partial charge in [-0.3, -0.25) is 9.69 Å². The van der Waals surface area contributed by atoms with Crippen LogP contribution < -0.4 is 15.9 Å². The molecule has 0 saturated heterocycles. The van der Waals surface area contributed by atoms with Crippen molar-refractivity contribution in [3.05, 3.63) is 41.2 Å². The standard InChI is InChI=1S/C21H27N9O3/c1-29(15-9-4-3-5-10-15)13-16-18(24-28-30(16)20-19(22)26-33-27-20)21(31)25-23-12-14-8-6-7-11-17(14)32-2/h6-8,11-12,15H,3-5,9-10,13H2,1-2H3,(H2,22,26)(H,25,31)/b23-12+. The van der Waals surface area contributed by atoms with Gasteiger partial charge in [0.25, 0.3) is 5.91 Å². The van der Waals surface area contributed by atoms with Crippen LogP contribution in [0, 0.1) is 0 Å². The number of rotatable bonds is 8. The molecule has 1 saturated carbocycles. The number of amides is 1. The maximum atomic E-state index is 13.0. The van der Waals surface area contributed by atoms with Crippen LogP contribution in [0.1, 0.15) is 53.8 Å². The number of ether oxygens (including phenoxy) is 1. The first-order chi connectivity index (χ1) is 16.1. The smallest absolute Gasteiger partial charge is 0.293 e. The molecule has 0 radical (unpaired) electrons. The van der Waals surface area contributed by atoms with Crippen LogP contribution in [-0.4, -0.2) is 62.5 Å². The van der Waals surface area contributed by atoms with Gasteiger partial charge in [0.15, 0.2) is 5.69 Å². The molecule has 12 nitrogen and oxygen atoms in total. The number of nitrogens with one attached hydrogen (secondary N) is 1. The van der Waals surface area contributed by atoms with Gasteiger partial charge >= 0.3 is 0 Å². The van der Waals surface area contributed by atoms with Crippen LogP contribution in [0.25, 0.3) is 5.82 Å². The van der Waals surface area contributed by atoms with Gasteiger partial charge < -0.3 is 10.5 Å². The molecule has 33 heavy (non-hydrogen) atoms.